The summed E-state index contributed by atoms with van der Waals surface area (Å²) in [4.78, 5) is 11.5. The molecule has 21 heavy (non-hydrogen) atoms. The number of hydrogen-bond donors (Lipinski definition) is 2. The van der Waals surface area contributed by atoms with Crippen LogP contribution in [0, 0.1) is 5.82 Å². The highest BCUT2D eigenvalue weighted by Crippen LogP contribution is 2.12. The fourth-order valence-electron chi connectivity index (χ4n) is 1.76. The van der Waals surface area contributed by atoms with Crippen molar-refractivity contribution in [2.45, 2.75) is 12.7 Å². The molecule has 0 unspecified atom stereocenters. The smallest absolute Gasteiger partial charge is 0.407 e. The average Bonchev–Trinajstić information content (AvgIpc) is 2.52. The Kier molecular flexibility index (Phi) is 5.29. The minimum Gasteiger partial charge on any atom is -0.445 e. The molecule has 1 atom stereocenters. The average molecular weight is 289 g/mol. The van der Waals surface area contributed by atoms with Gasteiger partial charge in [0.2, 0.25) is 0 Å². The first-order valence-corrected chi connectivity index (χ1v) is 6.53. The van der Waals surface area contributed by atoms with E-state index in [4.69, 9.17) is 4.74 Å². The molecular formula is C16H16FNO3. The monoisotopic (exact) mass is 289 g/mol. The molecule has 0 saturated carbocycles. The minimum atomic E-state index is -0.908. The fraction of sp³-hybridized carbons (Fsp3) is 0.188. The molecule has 0 radical (unpaired) electrons. The highest BCUT2D eigenvalue weighted by atomic mass is 19.1. The van der Waals surface area contributed by atoms with Crippen molar-refractivity contribution < 1.29 is 19.0 Å². The number of aliphatic hydroxyl groups excluding tert-OH is 1. The largest absolute Gasteiger partial charge is 0.445 e. The molecule has 0 spiro atoms. The highest BCUT2D eigenvalue weighted by Gasteiger charge is 2.10. The van der Waals surface area contributed by atoms with E-state index >= 15 is 0 Å². The quantitative estimate of drug-likeness (QED) is 0.890. The number of amides is 1. The van der Waals surface area contributed by atoms with E-state index in [0.29, 0.717) is 5.56 Å². The van der Waals surface area contributed by atoms with Gasteiger partial charge in [0.15, 0.2) is 0 Å². The van der Waals surface area contributed by atoms with Gasteiger partial charge in [-0.3, -0.25) is 0 Å². The van der Waals surface area contributed by atoms with Crippen LogP contribution in [0.5, 0.6) is 0 Å². The minimum absolute atomic E-state index is 0.000739. The summed E-state index contributed by atoms with van der Waals surface area (Å²) in [6.07, 6.45) is -1.52. The van der Waals surface area contributed by atoms with Crippen LogP contribution in [0.15, 0.2) is 54.6 Å². The lowest BCUT2D eigenvalue weighted by molar-refractivity contribution is 0.126. The van der Waals surface area contributed by atoms with Crippen LogP contribution in [0.25, 0.3) is 0 Å². The number of carbonyl (C=O) groups excluding carboxylic acids is 1. The maximum absolute atomic E-state index is 12.8. The molecule has 2 N–H and O–H groups in total. The zero-order chi connectivity index (χ0) is 15.1. The van der Waals surface area contributed by atoms with Crippen molar-refractivity contribution in [3.63, 3.8) is 0 Å². The number of aliphatic hydroxyl groups is 1. The second kappa shape index (κ2) is 7.40. The first-order chi connectivity index (χ1) is 10.1. The molecular weight excluding hydrogens is 273 g/mol. The Morgan fingerprint density at radius 3 is 2.48 bits per heavy atom. The van der Waals surface area contributed by atoms with E-state index in [-0.39, 0.29) is 19.0 Å². The Labute approximate surface area is 122 Å². The van der Waals surface area contributed by atoms with Crippen molar-refractivity contribution in [3.05, 3.63) is 71.5 Å². The van der Waals surface area contributed by atoms with Crippen molar-refractivity contribution in [3.8, 4) is 0 Å². The number of ether oxygens (including phenoxy) is 1. The Morgan fingerprint density at radius 1 is 1.14 bits per heavy atom. The third-order valence-electron chi connectivity index (χ3n) is 2.91. The van der Waals surface area contributed by atoms with Crippen molar-refractivity contribution in [1.82, 2.24) is 5.32 Å². The lowest BCUT2D eigenvalue weighted by Gasteiger charge is -2.12. The van der Waals surface area contributed by atoms with Gasteiger partial charge in [0.05, 0.1) is 12.6 Å². The Morgan fingerprint density at radius 2 is 1.81 bits per heavy atom. The Hall–Kier alpha value is -2.40. The summed E-state index contributed by atoms with van der Waals surface area (Å²) in [5.74, 6) is -0.374. The van der Waals surface area contributed by atoms with Crippen LogP contribution >= 0.6 is 0 Å². The number of hydrogen-bond acceptors (Lipinski definition) is 3. The maximum Gasteiger partial charge on any atom is 0.407 e. The molecule has 0 aliphatic carbocycles. The molecule has 1 amide bonds. The zero-order valence-corrected chi connectivity index (χ0v) is 11.3. The van der Waals surface area contributed by atoms with E-state index in [9.17, 15) is 14.3 Å². The van der Waals surface area contributed by atoms with Crippen LogP contribution in [-0.4, -0.2) is 17.7 Å². The van der Waals surface area contributed by atoms with Crippen LogP contribution in [0.3, 0.4) is 0 Å². The predicted octanol–water partition coefficient (Wildman–Crippen LogP) is 2.79. The standard InChI is InChI=1S/C16H16FNO3/c17-14-8-6-13(7-9-14)15(19)10-18-16(20)21-11-12-4-2-1-3-5-12/h1-9,15,19H,10-11H2,(H,18,20)/t15-/m1/s1. The molecule has 0 aliphatic rings. The number of benzene rings is 2. The van der Waals surface area contributed by atoms with Crippen molar-refractivity contribution >= 4 is 6.09 Å². The number of nitrogens with one attached hydrogen (secondary N) is 1. The van der Waals surface area contributed by atoms with Crippen LogP contribution in [0.1, 0.15) is 17.2 Å². The fourth-order valence-corrected chi connectivity index (χ4v) is 1.76. The second-order valence-corrected chi connectivity index (χ2v) is 4.51. The van der Waals surface area contributed by atoms with Crippen LogP contribution in [0.2, 0.25) is 0 Å². The molecule has 0 fully saturated rings. The third kappa shape index (κ3) is 4.89. The molecule has 4 nitrogen and oxygen atoms in total. The molecule has 2 rings (SSSR count). The van der Waals surface area contributed by atoms with Crippen LogP contribution in [-0.2, 0) is 11.3 Å². The topological polar surface area (TPSA) is 58.6 Å². The van der Waals surface area contributed by atoms with Crippen molar-refractivity contribution in [2.75, 3.05) is 6.54 Å². The summed E-state index contributed by atoms with van der Waals surface area (Å²) in [6, 6.07) is 14.7. The van der Waals surface area contributed by atoms with Gasteiger partial charge in [-0.15, -0.1) is 0 Å². The van der Waals surface area contributed by atoms with Crippen LogP contribution in [0.4, 0.5) is 9.18 Å². The van der Waals surface area contributed by atoms with Gasteiger partial charge in [-0.25, -0.2) is 9.18 Å². The van der Waals surface area contributed by atoms with Crippen molar-refractivity contribution in [2.24, 2.45) is 0 Å². The maximum atomic E-state index is 12.8. The number of alkyl carbamates (subject to hydrolysis) is 1. The van der Waals surface area contributed by atoms with E-state index in [1.165, 1.54) is 24.3 Å². The molecule has 0 aliphatic heterocycles. The first-order valence-electron chi connectivity index (χ1n) is 6.53. The summed E-state index contributed by atoms with van der Waals surface area (Å²) < 4.78 is 17.8. The van der Waals surface area contributed by atoms with Crippen molar-refractivity contribution in [1.29, 1.82) is 0 Å². The van der Waals surface area contributed by atoms with Gasteiger partial charge in [0.25, 0.3) is 0 Å². The van der Waals surface area contributed by atoms with Gasteiger partial charge >= 0.3 is 6.09 Å². The zero-order valence-electron chi connectivity index (χ0n) is 11.3. The first kappa shape index (κ1) is 15.0. The van der Waals surface area contributed by atoms with Gasteiger partial charge < -0.3 is 15.2 Å². The normalized spacial score (nSPS) is 11.7. The lowest BCUT2D eigenvalue weighted by Crippen LogP contribution is -2.28. The molecule has 0 bridgehead atoms. The SMILES string of the molecule is O=C(NC[C@@H](O)c1ccc(F)cc1)OCc1ccccc1. The molecule has 2 aromatic carbocycles. The molecule has 2 aromatic rings. The number of rotatable bonds is 5. The van der Waals surface area contributed by atoms with Gasteiger partial charge in [-0.1, -0.05) is 42.5 Å². The van der Waals surface area contributed by atoms with Gasteiger partial charge in [-0.05, 0) is 23.3 Å². The summed E-state index contributed by atoms with van der Waals surface area (Å²) in [6.45, 7) is 0.165. The highest BCUT2D eigenvalue weighted by molar-refractivity contribution is 5.67. The Bertz CT molecular complexity index is 572. The molecule has 110 valence electrons. The summed E-state index contributed by atoms with van der Waals surface area (Å²) in [5.41, 5.74) is 1.41. The van der Waals surface area contributed by atoms with E-state index in [1.807, 2.05) is 30.3 Å². The lowest BCUT2D eigenvalue weighted by atomic mass is 10.1. The van der Waals surface area contributed by atoms with Gasteiger partial charge in [-0.2, -0.15) is 0 Å². The summed E-state index contributed by atoms with van der Waals surface area (Å²) >= 11 is 0. The molecule has 0 saturated heterocycles. The molecule has 5 heteroatoms. The van der Waals surface area contributed by atoms with Gasteiger partial charge in [0, 0.05) is 0 Å². The van der Waals surface area contributed by atoms with E-state index in [2.05, 4.69) is 5.32 Å². The van der Waals surface area contributed by atoms with E-state index in [1.54, 1.807) is 0 Å². The molecule has 0 heterocycles. The van der Waals surface area contributed by atoms with E-state index in [0.717, 1.165) is 5.56 Å². The predicted molar refractivity (Wildman–Crippen MR) is 76.0 cm³/mol. The summed E-state index contributed by atoms with van der Waals surface area (Å²) in [5, 5.41) is 12.3. The van der Waals surface area contributed by atoms with E-state index < -0.39 is 12.2 Å². The number of carbonyl (C=O) groups is 1. The van der Waals surface area contributed by atoms with Crippen LogP contribution < -0.4 is 5.32 Å². The second-order valence-electron chi connectivity index (χ2n) is 4.51. The van der Waals surface area contributed by atoms with Gasteiger partial charge in [0.1, 0.15) is 12.4 Å². The number of halogens is 1. The third-order valence-corrected chi connectivity index (χ3v) is 2.91. The molecule has 0 aromatic heterocycles. The Balaban J connectivity index is 1.74. The summed E-state index contributed by atoms with van der Waals surface area (Å²) in [7, 11) is 0.